The van der Waals surface area contributed by atoms with Crippen molar-refractivity contribution in [3.8, 4) is 0 Å². The van der Waals surface area contributed by atoms with Gasteiger partial charge in [0.05, 0.1) is 0 Å². The molecule has 0 heterocycles. The summed E-state index contributed by atoms with van der Waals surface area (Å²) in [5, 5.41) is 3.66. The lowest BCUT2D eigenvalue weighted by atomic mass is 10.0. The number of unbranched alkanes of at least 4 members (excludes halogenated alkanes) is 3. The van der Waals surface area contributed by atoms with Gasteiger partial charge in [-0.1, -0.05) is 12.8 Å². The molecule has 2 nitrogen and oxygen atoms in total. The van der Waals surface area contributed by atoms with E-state index in [1.807, 2.05) is 0 Å². The fraction of sp³-hybridized carbons (Fsp3) is 1.00. The van der Waals surface area contributed by atoms with Crippen molar-refractivity contribution >= 4 is 0 Å². The van der Waals surface area contributed by atoms with Crippen molar-refractivity contribution in [1.29, 1.82) is 0 Å². The number of nitrogens with one attached hydrogen (secondary N) is 1. The van der Waals surface area contributed by atoms with Gasteiger partial charge in [-0.05, 0) is 62.9 Å². The topological polar surface area (TPSA) is 38.0 Å². The van der Waals surface area contributed by atoms with Crippen molar-refractivity contribution in [2.75, 3.05) is 19.6 Å². The van der Waals surface area contributed by atoms with Gasteiger partial charge in [-0.3, -0.25) is 0 Å². The molecule has 0 aromatic heterocycles. The molecule has 0 spiro atoms. The van der Waals surface area contributed by atoms with Gasteiger partial charge in [0.2, 0.25) is 0 Å². The molecule has 0 saturated heterocycles. The molecule has 3 N–H and O–H groups in total. The number of hydrogen-bond acceptors (Lipinski definition) is 2. The molecule has 0 aromatic carbocycles. The minimum Gasteiger partial charge on any atom is -0.330 e. The third-order valence-corrected chi connectivity index (χ3v) is 4.12. The summed E-state index contributed by atoms with van der Waals surface area (Å²) >= 11 is 0. The first kappa shape index (κ1) is 11.4. The van der Waals surface area contributed by atoms with Crippen LogP contribution in [-0.4, -0.2) is 19.6 Å². The standard InChI is InChI=1S/C13H26N2/c14-9-3-1-2-4-10-15-11-13(7-8-13)12-5-6-12/h12,15H,1-11,14H2. The number of nitrogens with two attached hydrogens (primary N) is 1. The molecule has 2 saturated carbocycles. The summed E-state index contributed by atoms with van der Waals surface area (Å²) in [4.78, 5) is 0. The molecule has 2 heteroatoms. The monoisotopic (exact) mass is 210 g/mol. The first-order valence-electron chi connectivity index (χ1n) is 6.78. The Morgan fingerprint density at radius 1 is 1.07 bits per heavy atom. The zero-order valence-electron chi connectivity index (χ0n) is 9.93. The largest absolute Gasteiger partial charge is 0.330 e. The minimum absolute atomic E-state index is 0.775. The molecular formula is C13H26N2. The third kappa shape index (κ3) is 3.46. The van der Waals surface area contributed by atoms with Crippen molar-refractivity contribution in [1.82, 2.24) is 5.32 Å². The van der Waals surface area contributed by atoms with Crippen LogP contribution in [0.3, 0.4) is 0 Å². The second-order valence-electron chi connectivity index (χ2n) is 5.52. The van der Waals surface area contributed by atoms with Gasteiger partial charge in [0.1, 0.15) is 0 Å². The fourth-order valence-electron chi connectivity index (χ4n) is 2.67. The van der Waals surface area contributed by atoms with Crippen LogP contribution in [0.15, 0.2) is 0 Å². The fourth-order valence-corrected chi connectivity index (χ4v) is 2.67. The first-order valence-corrected chi connectivity index (χ1v) is 6.78. The van der Waals surface area contributed by atoms with E-state index < -0.39 is 0 Å². The van der Waals surface area contributed by atoms with Crippen LogP contribution < -0.4 is 11.1 Å². The lowest BCUT2D eigenvalue weighted by Crippen LogP contribution is -2.26. The highest BCUT2D eigenvalue weighted by Crippen LogP contribution is 2.60. The Bertz CT molecular complexity index is 183. The van der Waals surface area contributed by atoms with E-state index in [2.05, 4.69) is 5.32 Å². The Balaban J connectivity index is 1.42. The van der Waals surface area contributed by atoms with Crippen LogP contribution >= 0.6 is 0 Å². The van der Waals surface area contributed by atoms with E-state index >= 15 is 0 Å². The summed E-state index contributed by atoms with van der Waals surface area (Å²) in [6.07, 6.45) is 11.2. The molecule has 0 atom stereocenters. The van der Waals surface area contributed by atoms with E-state index in [1.165, 1.54) is 64.5 Å². The molecule has 0 bridgehead atoms. The van der Waals surface area contributed by atoms with E-state index in [-0.39, 0.29) is 0 Å². The molecule has 15 heavy (non-hydrogen) atoms. The van der Waals surface area contributed by atoms with Crippen LogP contribution in [0.1, 0.15) is 51.4 Å². The first-order chi connectivity index (χ1) is 7.37. The quantitative estimate of drug-likeness (QED) is 0.573. The van der Waals surface area contributed by atoms with Gasteiger partial charge in [0, 0.05) is 6.54 Å². The van der Waals surface area contributed by atoms with Crippen molar-refractivity contribution in [3.63, 3.8) is 0 Å². The number of hydrogen-bond donors (Lipinski definition) is 2. The maximum atomic E-state index is 5.46. The molecule has 2 fully saturated rings. The molecule has 0 aromatic rings. The molecule has 2 rings (SSSR count). The second-order valence-corrected chi connectivity index (χ2v) is 5.52. The van der Waals surface area contributed by atoms with E-state index in [9.17, 15) is 0 Å². The minimum atomic E-state index is 0.775. The highest BCUT2D eigenvalue weighted by atomic mass is 14.9. The van der Waals surface area contributed by atoms with Gasteiger partial charge in [-0.2, -0.15) is 0 Å². The maximum absolute atomic E-state index is 5.46. The Labute approximate surface area is 94.0 Å². The zero-order valence-corrected chi connectivity index (χ0v) is 9.93. The van der Waals surface area contributed by atoms with Crippen molar-refractivity contribution in [2.24, 2.45) is 17.1 Å². The highest BCUT2D eigenvalue weighted by Gasteiger charge is 2.52. The molecule has 2 aliphatic carbocycles. The summed E-state index contributed by atoms with van der Waals surface area (Å²) < 4.78 is 0. The smallest absolute Gasteiger partial charge is 0.00105 e. The predicted octanol–water partition coefficient (Wildman–Crippen LogP) is 2.29. The second kappa shape index (κ2) is 5.31. The number of rotatable bonds is 9. The summed E-state index contributed by atoms with van der Waals surface area (Å²) in [6.45, 7) is 3.38. The Kier molecular flexibility index (Phi) is 4.04. The average Bonchev–Trinajstić information content (AvgIpc) is 3.08. The third-order valence-electron chi connectivity index (χ3n) is 4.12. The van der Waals surface area contributed by atoms with E-state index in [1.54, 1.807) is 0 Å². The highest BCUT2D eigenvalue weighted by molar-refractivity contribution is 5.04. The normalized spacial score (nSPS) is 23.0. The summed E-state index contributed by atoms with van der Waals surface area (Å²) in [5.41, 5.74) is 6.23. The van der Waals surface area contributed by atoms with Crippen LogP contribution in [0.25, 0.3) is 0 Å². The van der Waals surface area contributed by atoms with E-state index in [0.29, 0.717) is 0 Å². The molecule has 0 radical (unpaired) electrons. The van der Waals surface area contributed by atoms with Crippen LogP contribution in [0, 0.1) is 11.3 Å². The van der Waals surface area contributed by atoms with Gasteiger partial charge in [-0.25, -0.2) is 0 Å². The average molecular weight is 210 g/mol. The van der Waals surface area contributed by atoms with Gasteiger partial charge in [0.15, 0.2) is 0 Å². The Morgan fingerprint density at radius 2 is 1.80 bits per heavy atom. The van der Waals surface area contributed by atoms with Crippen LogP contribution in [0.4, 0.5) is 0 Å². The molecule has 0 unspecified atom stereocenters. The zero-order chi connectivity index (χ0) is 10.6. The van der Waals surface area contributed by atoms with Crippen molar-refractivity contribution in [3.05, 3.63) is 0 Å². The van der Waals surface area contributed by atoms with E-state index in [0.717, 1.165) is 17.9 Å². The lowest BCUT2D eigenvalue weighted by Gasteiger charge is -2.14. The maximum Gasteiger partial charge on any atom is 0.00105 e. The summed E-state index contributed by atoms with van der Waals surface area (Å²) in [7, 11) is 0. The molecular weight excluding hydrogens is 184 g/mol. The van der Waals surface area contributed by atoms with Crippen LogP contribution in [0.5, 0.6) is 0 Å². The summed E-state index contributed by atoms with van der Waals surface area (Å²) in [6, 6.07) is 0. The predicted molar refractivity (Wildman–Crippen MR) is 64.8 cm³/mol. The Morgan fingerprint density at radius 3 is 2.40 bits per heavy atom. The van der Waals surface area contributed by atoms with E-state index in [4.69, 9.17) is 5.73 Å². The van der Waals surface area contributed by atoms with Gasteiger partial charge >= 0.3 is 0 Å². The molecule has 0 aliphatic heterocycles. The summed E-state index contributed by atoms with van der Waals surface area (Å²) in [5.74, 6) is 1.10. The van der Waals surface area contributed by atoms with Crippen LogP contribution in [0.2, 0.25) is 0 Å². The Hall–Kier alpha value is -0.0800. The molecule has 0 amide bonds. The SMILES string of the molecule is NCCCCCCNCC1(C2CC2)CC1. The van der Waals surface area contributed by atoms with Crippen molar-refractivity contribution in [2.45, 2.75) is 51.4 Å². The van der Waals surface area contributed by atoms with Gasteiger partial charge in [0.25, 0.3) is 0 Å². The lowest BCUT2D eigenvalue weighted by molar-refractivity contribution is 0.400. The van der Waals surface area contributed by atoms with Crippen molar-refractivity contribution < 1.29 is 0 Å². The van der Waals surface area contributed by atoms with Gasteiger partial charge < -0.3 is 11.1 Å². The van der Waals surface area contributed by atoms with Gasteiger partial charge in [-0.15, -0.1) is 0 Å². The van der Waals surface area contributed by atoms with Crippen LogP contribution in [-0.2, 0) is 0 Å². The molecule has 2 aliphatic rings. The molecule has 88 valence electrons.